The van der Waals surface area contributed by atoms with Crippen molar-refractivity contribution in [2.45, 2.75) is 24.7 Å². The molecule has 282 valence electrons. The standard InChI is InChI=1S/C22H14BrCl2NO3.C22H17Cl2NO2/c23-14-4-1-12(2-5-14)7-19-18-6-3-13(22(28)29)8-20(18)26(21(19)27)17-10-15(24)9-16(25)11-17;1-27-20-9-5-8-19-21(20)18(10-14-6-3-2-4-7-14)22(26)25(19)17-12-15(23)11-16(24)13-17/h1-6,8-11,19H,7H2,(H,28,29);2-9,11-13,18H,10H2,1H3. The van der Waals surface area contributed by atoms with E-state index < -0.39 is 11.9 Å². The van der Waals surface area contributed by atoms with Crippen LogP contribution in [0.25, 0.3) is 0 Å². The number of benzene rings is 6. The summed E-state index contributed by atoms with van der Waals surface area (Å²) in [6, 6.07) is 38.2. The van der Waals surface area contributed by atoms with Crippen LogP contribution in [0.4, 0.5) is 22.7 Å². The molecule has 6 aromatic carbocycles. The first kappa shape index (κ1) is 39.4. The molecular formula is C44H31BrCl4N2O5. The molecule has 2 heterocycles. The van der Waals surface area contributed by atoms with Crippen LogP contribution >= 0.6 is 62.3 Å². The van der Waals surface area contributed by atoms with Crippen molar-refractivity contribution >= 4 is 103 Å². The molecule has 0 aromatic heterocycles. The monoisotopic (exact) mass is 886 g/mol. The first-order chi connectivity index (χ1) is 26.9. The molecule has 6 aromatic rings. The first-order valence-electron chi connectivity index (χ1n) is 17.3. The Hall–Kier alpha value is -4.83. The lowest BCUT2D eigenvalue weighted by Crippen LogP contribution is -2.25. The van der Waals surface area contributed by atoms with Gasteiger partial charge in [-0.3, -0.25) is 19.4 Å². The van der Waals surface area contributed by atoms with Crippen molar-refractivity contribution < 1.29 is 24.2 Å². The first-order valence-corrected chi connectivity index (χ1v) is 19.6. The SMILES string of the molecule is COc1cccc2c1C(Cc1ccccc1)C(=O)N2c1cc(Cl)cc(Cl)c1.O=C(O)c1ccc2c(c1)N(c1cc(Cl)cc(Cl)c1)C(=O)C2Cc1ccc(Br)cc1. The minimum atomic E-state index is -1.05. The number of ether oxygens (including phenoxy) is 1. The third-order valence-electron chi connectivity index (χ3n) is 9.63. The van der Waals surface area contributed by atoms with E-state index in [0.29, 0.717) is 55.7 Å². The zero-order valence-electron chi connectivity index (χ0n) is 29.6. The molecule has 12 heteroatoms. The summed E-state index contributed by atoms with van der Waals surface area (Å²) in [6.07, 6.45) is 1.09. The number of carboxylic acids is 1. The van der Waals surface area contributed by atoms with E-state index in [1.54, 1.807) is 54.5 Å². The van der Waals surface area contributed by atoms with E-state index >= 15 is 0 Å². The second-order valence-electron chi connectivity index (χ2n) is 13.2. The van der Waals surface area contributed by atoms with Crippen LogP contribution in [0.3, 0.4) is 0 Å². The van der Waals surface area contributed by atoms with E-state index in [1.165, 1.54) is 17.0 Å². The molecule has 0 spiro atoms. The highest BCUT2D eigenvalue weighted by molar-refractivity contribution is 9.10. The molecule has 0 saturated heterocycles. The van der Waals surface area contributed by atoms with Crippen LogP contribution in [0.2, 0.25) is 20.1 Å². The average molecular weight is 889 g/mol. The summed E-state index contributed by atoms with van der Waals surface area (Å²) >= 11 is 28.1. The predicted molar refractivity (Wildman–Crippen MR) is 227 cm³/mol. The Morgan fingerprint density at radius 1 is 0.643 bits per heavy atom. The average Bonchev–Trinajstić information content (AvgIpc) is 3.60. The lowest BCUT2D eigenvalue weighted by molar-refractivity contribution is -0.119. The zero-order chi connectivity index (χ0) is 39.7. The van der Waals surface area contributed by atoms with Crippen molar-refractivity contribution in [2.75, 3.05) is 16.9 Å². The molecule has 2 atom stereocenters. The highest BCUT2D eigenvalue weighted by Gasteiger charge is 2.41. The van der Waals surface area contributed by atoms with Gasteiger partial charge in [0.25, 0.3) is 0 Å². The molecule has 8 rings (SSSR count). The fraction of sp³-hybridized carbons (Fsp3) is 0.114. The number of hydrogen-bond donors (Lipinski definition) is 1. The summed E-state index contributed by atoms with van der Waals surface area (Å²) in [7, 11) is 1.62. The van der Waals surface area contributed by atoms with Crippen molar-refractivity contribution in [1.29, 1.82) is 0 Å². The Balaban J connectivity index is 0.000000172. The van der Waals surface area contributed by atoms with Gasteiger partial charge in [-0.15, -0.1) is 0 Å². The Bertz CT molecular complexity index is 2440. The lowest BCUT2D eigenvalue weighted by atomic mass is 9.92. The number of amides is 2. The van der Waals surface area contributed by atoms with E-state index in [2.05, 4.69) is 15.9 Å². The van der Waals surface area contributed by atoms with Crippen molar-refractivity contribution in [1.82, 2.24) is 0 Å². The maximum absolute atomic E-state index is 13.4. The molecule has 0 radical (unpaired) electrons. The molecule has 7 nitrogen and oxygen atoms in total. The van der Waals surface area contributed by atoms with E-state index in [1.807, 2.05) is 72.8 Å². The number of hydrogen-bond acceptors (Lipinski definition) is 4. The van der Waals surface area contributed by atoms with Crippen LogP contribution in [0.5, 0.6) is 5.75 Å². The van der Waals surface area contributed by atoms with Crippen LogP contribution in [0.15, 0.2) is 132 Å². The number of methoxy groups -OCH3 is 1. The van der Waals surface area contributed by atoms with Gasteiger partial charge < -0.3 is 9.84 Å². The number of aromatic carboxylic acids is 1. The topological polar surface area (TPSA) is 87.2 Å². The van der Waals surface area contributed by atoms with Gasteiger partial charge in [-0.05, 0) is 102 Å². The normalized spacial score (nSPS) is 15.6. The van der Waals surface area contributed by atoms with Gasteiger partial charge in [-0.1, -0.05) is 117 Å². The summed E-state index contributed by atoms with van der Waals surface area (Å²) in [5, 5.41) is 11.2. The van der Waals surface area contributed by atoms with Crippen molar-refractivity contribution in [3.8, 4) is 5.75 Å². The lowest BCUT2D eigenvalue weighted by Gasteiger charge is -2.19. The largest absolute Gasteiger partial charge is 0.496 e. The number of carboxylic acid groups (broad SMARTS) is 1. The second-order valence-corrected chi connectivity index (χ2v) is 15.9. The van der Waals surface area contributed by atoms with Gasteiger partial charge in [0.2, 0.25) is 11.8 Å². The summed E-state index contributed by atoms with van der Waals surface area (Å²) in [4.78, 5) is 41.5. The molecule has 2 aliphatic heterocycles. The molecule has 0 saturated carbocycles. The summed E-state index contributed by atoms with van der Waals surface area (Å²) in [5.74, 6) is -1.29. The Kier molecular flexibility index (Phi) is 11.8. The number of rotatable bonds is 8. The fourth-order valence-electron chi connectivity index (χ4n) is 7.19. The van der Waals surface area contributed by atoms with E-state index in [9.17, 15) is 19.5 Å². The Morgan fingerprint density at radius 2 is 1.18 bits per heavy atom. The Morgan fingerprint density at radius 3 is 1.75 bits per heavy atom. The van der Waals surface area contributed by atoms with Gasteiger partial charge in [-0.2, -0.15) is 0 Å². The smallest absolute Gasteiger partial charge is 0.335 e. The predicted octanol–water partition coefficient (Wildman–Crippen LogP) is 12.5. The van der Waals surface area contributed by atoms with Gasteiger partial charge in [-0.25, -0.2) is 4.79 Å². The van der Waals surface area contributed by atoms with Crippen molar-refractivity contribution in [3.63, 3.8) is 0 Å². The molecule has 56 heavy (non-hydrogen) atoms. The van der Waals surface area contributed by atoms with Crippen LogP contribution in [0, 0.1) is 0 Å². The van der Waals surface area contributed by atoms with Gasteiger partial charge in [0.05, 0.1) is 47.3 Å². The van der Waals surface area contributed by atoms with Crippen LogP contribution < -0.4 is 14.5 Å². The minimum Gasteiger partial charge on any atom is -0.496 e. The molecular weight excluding hydrogens is 858 g/mol. The molecule has 0 fully saturated rings. The highest BCUT2D eigenvalue weighted by atomic mass is 79.9. The van der Waals surface area contributed by atoms with E-state index in [0.717, 1.165) is 32.4 Å². The van der Waals surface area contributed by atoms with Gasteiger partial charge in [0.15, 0.2) is 0 Å². The number of fused-ring (bicyclic) bond motifs is 2. The van der Waals surface area contributed by atoms with Crippen LogP contribution in [-0.2, 0) is 22.4 Å². The maximum atomic E-state index is 13.4. The van der Waals surface area contributed by atoms with E-state index in [-0.39, 0.29) is 23.3 Å². The fourth-order valence-corrected chi connectivity index (χ4v) is 8.48. The molecule has 2 amide bonds. The van der Waals surface area contributed by atoms with Gasteiger partial charge in [0.1, 0.15) is 5.75 Å². The van der Waals surface area contributed by atoms with E-state index in [4.69, 9.17) is 51.1 Å². The van der Waals surface area contributed by atoms with Crippen molar-refractivity contribution in [3.05, 3.63) is 180 Å². The van der Waals surface area contributed by atoms with Crippen LogP contribution in [-0.4, -0.2) is 30.0 Å². The molecule has 0 aliphatic carbocycles. The van der Waals surface area contributed by atoms with Crippen LogP contribution in [0.1, 0.15) is 44.4 Å². The number of carbonyl (C=O) groups is 3. The number of halogens is 5. The van der Waals surface area contributed by atoms with Gasteiger partial charge >= 0.3 is 5.97 Å². The number of carbonyl (C=O) groups excluding carboxylic acids is 2. The summed E-state index contributed by atoms with van der Waals surface area (Å²) in [6.45, 7) is 0. The van der Waals surface area contributed by atoms with Crippen molar-refractivity contribution in [2.24, 2.45) is 0 Å². The second kappa shape index (κ2) is 16.7. The molecule has 2 unspecified atom stereocenters. The maximum Gasteiger partial charge on any atom is 0.335 e. The summed E-state index contributed by atoms with van der Waals surface area (Å²) < 4.78 is 6.53. The number of nitrogens with zero attached hydrogens (tertiary/aromatic N) is 2. The minimum absolute atomic E-state index is 0.0170. The summed E-state index contributed by atoms with van der Waals surface area (Å²) in [5.41, 5.74) is 6.39. The third-order valence-corrected chi connectivity index (χ3v) is 11.0. The Labute approximate surface area is 352 Å². The third kappa shape index (κ3) is 8.17. The zero-order valence-corrected chi connectivity index (χ0v) is 34.2. The highest BCUT2D eigenvalue weighted by Crippen LogP contribution is 2.49. The molecule has 1 N–H and O–H groups in total. The van der Waals surface area contributed by atoms with Gasteiger partial charge in [0, 0.05) is 30.1 Å². The quantitative estimate of drug-likeness (QED) is 0.164. The molecule has 0 bridgehead atoms. The number of anilines is 4. The molecule has 2 aliphatic rings.